The van der Waals surface area contributed by atoms with Crippen LogP contribution in [0.4, 0.5) is 10.6 Å². The van der Waals surface area contributed by atoms with E-state index in [9.17, 15) is 9.59 Å². The molecule has 90 valence electrons. The molecule has 0 aliphatic rings. The highest BCUT2D eigenvalue weighted by Crippen LogP contribution is 2.16. The van der Waals surface area contributed by atoms with Gasteiger partial charge >= 0.3 is 12.1 Å². The molecule has 0 aliphatic carbocycles. The summed E-state index contributed by atoms with van der Waals surface area (Å²) in [4.78, 5) is 25.5. The summed E-state index contributed by atoms with van der Waals surface area (Å²) in [5, 5.41) is 10.8. The number of carbonyl (C=O) groups is 2. The number of carbonyl (C=O) groups excluding carboxylic acids is 1. The number of ether oxygens (including phenoxy) is 1. The molecule has 6 nitrogen and oxygen atoms in total. The number of hydrogen-bond donors (Lipinski definition) is 2. The Morgan fingerprint density at radius 3 is 2.82 bits per heavy atom. The summed E-state index contributed by atoms with van der Waals surface area (Å²) in [5.41, 5.74) is -0.142. The van der Waals surface area contributed by atoms with E-state index in [0.29, 0.717) is 0 Å². The number of nitrogens with zero attached hydrogens (tertiary/aromatic N) is 1. The maximum atomic E-state index is 11.1. The van der Waals surface area contributed by atoms with E-state index in [1.165, 1.54) is 18.2 Å². The van der Waals surface area contributed by atoms with E-state index in [1.807, 2.05) is 0 Å². The van der Waals surface area contributed by atoms with E-state index in [2.05, 4.69) is 21.6 Å². The van der Waals surface area contributed by atoms with Crippen molar-refractivity contribution in [3.05, 3.63) is 35.5 Å². The topological polar surface area (TPSA) is 88.5 Å². The second-order valence-corrected chi connectivity index (χ2v) is 3.21. The zero-order valence-corrected chi connectivity index (χ0v) is 9.40. The number of rotatable bonds is 4. The highest BCUT2D eigenvalue weighted by atomic mass is 35.5. The van der Waals surface area contributed by atoms with Gasteiger partial charge in [-0.15, -0.1) is 0 Å². The van der Waals surface area contributed by atoms with E-state index in [-0.39, 0.29) is 23.1 Å². The molecule has 1 heterocycles. The van der Waals surface area contributed by atoms with Crippen molar-refractivity contribution < 1.29 is 19.4 Å². The zero-order chi connectivity index (χ0) is 12.8. The third-order valence-corrected chi connectivity index (χ3v) is 1.93. The number of hydrogen-bond acceptors (Lipinski definition) is 4. The lowest BCUT2D eigenvalue weighted by Crippen LogP contribution is -2.15. The quantitative estimate of drug-likeness (QED) is 0.637. The van der Waals surface area contributed by atoms with Gasteiger partial charge in [-0.1, -0.05) is 24.3 Å². The van der Waals surface area contributed by atoms with Crippen molar-refractivity contribution in [3.8, 4) is 0 Å². The number of aromatic carboxylic acids is 1. The van der Waals surface area contributed by atoms with Crippen LogP contribution in [0.15, 0.2) is 24.8 Å². The molecule has 0 saturated carbocycles. The Hall–Kier alpha value is -2.08. The van der Waals surface area contributed by atoms with Crippen LogP contribution in [0.5, 0.6) is 0 Å². The van der Waals surface area contributed by atoms with Gasteiger partial charge in [0.2, 0.25) is 0 Å². The lowest BCUT2D eigenvalue weighted by molar-refractivity contribution is 0.0696. The lowest BCUT2D eigenvalue weighted by atomic mass is 10.3. The number of carboxylic acids is 1. The Labute approximate surface area is 102 Å². The van der Waals surface area contributed by atoms with Crippen molar-refractivity contribution in [3.63, 3.8) is 0 Å². The van der Waals surface area contributed by atoms with Crippen LogP contribution in [0, 0.1) is 0 Å². The maximum absolute atomic E-state index is 11.1. The van der Waals surface area contributed by atoms with E-state index < -0.39 is 12.1 Å². The minimum Gasteiger partial charge on any atom is -0.478 e. The Kier molecular flexibility index (Phi) is 4.47. The molecule has 0 atom stereocenters. The third kappa shape index (κ3) is 3.76. The fraction of sp³-hybridized carbons (Fsp3) is 0.100. The molecule has 0 fully saturated rings. The second kappa shape index (κ2) is 5.86. The van der Waals surface area contributed by atoms with Crippen LogP contribution in [0.1, 0.15) is 10.4 Å². The van der Waals surface area contributed by atoms with Gasteiger partial charge in [0.05, 0.1) is 5.56 Å². The largest absolute Gasteiger partial charge is 0.478 e. The standard InChI is InChI=1S/C10H9ClN2O4/c1-2-5-17-10(16)13-7-4-3-6(9(14)15)8(11)12-7/h2-4H,1,5H2,(H,14,15)(H,12,13,16). The van der Waals surface area contributed by atoms with Gasteiger partial charge < -0.3 is 9.84 Å². The molecule has 0 unspecified atom stereocenters. The first kappa shape index (κ1) is 13.0. The maximum Gasteiger partial charge on any atom is 0.413 e. The first-order chi connectivity index (χ1) is 8.04. The first-order valence-corrected chi connectivity index (χ1v) is 4.87. The summed E-state index contributed by atoms with van der Waals surface area (Å²) in [7, 11) is 0. The van der Waals surface area contributed by atoms with Gasteiger partial charge in [-0.3, -0.25) is 5.32 Å². The molecule has 1 amide bonds. The molecule has 0 aliphatic heterocycles. The average molecular weight is 257 g/mol. The Bertz CT molecular complexity index is 462. The van der Waals surface area contributed by atoms with Gasteiger partial charge in [-0.25, -0.2) is 14.6 Å². The van der Waals surface area contributed by atoms with Crippen LogP contribution >= 0.6 is 11.6 Å². The van der Waals surface area contributed by atoms with E-state index in [1.54, 1.807) is 0 Å². The summed E-state index contributed by atoms with van der Waals surface area (Å²) >= 11 is 5.61. The van der Waals surface area contributed by atoms with Crippen LogP contribution in [0.2, 0.25) is 5.15 Å². The fourth-order valence-electron chi connectivity index (χ4n) is 0.939. The molecule has 0 saturated heterocycles. The Morgan fingerprint density at radius 1 is 1.59 bits per heavy atom. The smallest absolute Gasteiger partial charge is 0.413 e. The van der Waals surface area contributed by atoms with E-state index >= 15 is 0 Å². The molecule has 1 aromatic rings. The first-order valence-electron chi connectivity index (χ1n) is 4.49. The molecule has 0 bridgehead atoms. The van der Waals surface area contributed by atoms with Crippen LogP contribution in [-0.4, -0.2) is 28.8 Å². The van der Waals surface area contributed by atoms with Crippen molar-refractivity contribution in [1.82, 2.24) is 4.98 Å². The molecule has 0 spiro atoms. The zero-order valence-electron chi connectivity index (χ0n) is 8.64. The fourth-order valence-corrected chi connectivity index (χ4v) is 1.17. The molecule has 17 heavy (non-hydrogen) atoms. The van der Waals surface area contributed by atoms with Gasteiger partial charge in [-0.05, 0) is 12.1 Å². The Morgan fingerprint density at radius 2 is 2.29 bits per heavy atom. The van der Waals surface area contributed by atoms with E-state index in [4.69, 9.17) is 16.7 Å². The van der Waals surface area contributed by atoms with Crippen molar-refractivity contribution >= 4 is 29.5 Å². The van der Waals surface area contributed by atoms with Gasteiger partial charge in [0, 0.05) is 0 Å². The molecule has 1 rings (SSSR count). The monoisotopic (exact) mass is 256 g/mol. The molecule has 7 heteroatoms. The molecule has 0 aromatic carbocycles. The van der Waals surface area contributed by atoms with Gasteiger partial charge in [-0.2, -0.15) is 0 Å². The minimum atomic E-state index is -1.19. The summed E-state index contributed by atoms with van der Waals surface area (Å²) in [6, 6.07) is 2.55. The van der Waals surface area contributed by atoms with Crippen molar-refractivity contribution in [2.45, 2.75) is 0 Å². The highest BCUT2D eigenvalue weighted by Gasteiger charge is 2.11. The molecular formula is C10H9ClN2O4. The number of halogens is 1. The predicted octanol–water partition coefficient (Wildman–Crippen LogP) is 2.17. The van der Waals surface area contributed by atoms with Crippen LogP contribution in [0.3, 0.4) is 0 Å². The van der Waals surface area contributed by atoms with Crippen LogP contribution in [-0.2, 0) is 4.74 Å². The van der Waals surface area contributed by atoms with Gasteiger partial charge in [0.15, 0.2) is 0 Å². The van der Waals surface area contributed by atoms with E-state index in [0.717, 1.165) is 0 Å². The predicted molar refractivity (Wildman–Crippen MR) is 61.4 cm³/mol. The van der Waals surface area contributed by atoms with Crippen molar-refractivity contribution in [2.24, 2.45) is 0 Å². The second-order valence-electron chi connectivity index (χ2n) is 2.85. The number of pyridine rings is 1. The third-order valence-electron chi connectivity index (χ3n) is 1.64. The van der Waals surface area contributed by atoms with Gasteiger partial charge in [0.25, 0.3) is 0 Å². The number of carboxylic acid groups (broad SMARTS) is 1. The minimum absolute atomic E-state index is 0.0623. The van der Waals surface area contributed by atoms with Crippen LogP contribution < -0.4 is 5.32 Å². The number of amides is 1. The Balaban J connectivity index is 2.74. The molecule has 2 N–H and O–H groups in total. The molecule has 0 radical (unpaired) electrons. The normalized spacial score (nSPS) is 9.47. The SMILES string of the molecule is C=CCOC(=O)Nc1ccc(C(=O)O)c(Cl)n1. The number of aromatic nitrogens is 1. The summed E-state index contributed by atoms with van der Waals surface area (Å²) in [5.74, 6) is -1.09. The van der Waals surface area contributed by atoms with Gasteiger partial charge in [0.1, 0.15) is 17.6 Å². The number of anilines is 1. The molecular weight excluding hydrogens is 248 g/mol. The highest BCUT2D eigenvalue weighted by molar-refractivity contribution is 6.32. The van der Waals surface area contributed by atoms with Crippen molar-refractivity contribution in [2.75, 3.05) is 11.9 Å². The summed E-state index contributed by atoms with van der Waals surface area (Å²) in [6.07, 6.45) is 0.685. The van der Waals surface area contributed by atoms with Crippen LogP contribution in [0.25, 0.3) is 0 Å². The lowest BCUT2D eigenvalue weighted by Gasteiger charge is -2.05. The average Bonchev–Trinajstić information content (AvgIpc) is 2.26. The summed E-state index contributed by atoms with van der Waals surface area (Å²) in [6.45, 7) is 3.44. The summed E-state index contributed by atoms with van der Waals surface area (Å²) < 4.78 is 4.65. The van der Waals surface area contributed by atoms with Crippen molar-refractivity contribution in [1.29, 1.82) is 0 Å². The molecule has 1 aromatic heterocycles. The number of nitrogens with one attached hydrogen (secondary N) is 1.